The summed E-state index contributed by atoms with van der Waals surface area (Å²) >= 11 is 1.28. The van der Waals surface area contributed by atoms with Crippen LogP contribution in [0.5, 0.6) is 0 Å². The van der Waals surface area contributed by atoms with Crippen LogP contribution in [0.4, 0.5) is 0 Å². The van der Waals surface area contributed by atoms with Crippen molar-refractivity contribution >= 4 is 23.2 Å². The van der Waals surface area contributed by atoms with Crippen LogP contribution < -0.4 is 5.32 Å². The second-order valence-corrected chi connectivity index (χ2v) is 4.42. The van der Waals surface area contributed by atoms with E-state index in [2.05, 4.69) is 5.32 Å². The predicted molar refractivity (Wildman–Crippen MR) is 64.3 cm³/mol. The number of carbonyl (C=O) groups is 2. The Kier molecular flexibility index (Phi) is 5.65. The molecule has 1 unspecified atom stereocenters. The number of carboxylic acids is 1. The SMILES string of the molecule is COCCCC(NC(=O)c1cccs1)C(=O)O. The summed E-state index contributed by atoms with van der Waals surface area (Å²) in [5.74, 6) is -1.36. The van der Waals surface area contributed by atoms with Crippen molar-refractivity contribution in [1.29, 1.82) is 0 Å². The summed E-state index contributed by atoms with van der Waals surface area (Å²) in [7, 11) is 1.56. The third-order valence-corrected chi connectivity index (χ3v) is 3.06. The minimum absolute atomic E-state index is 0.343. The number of thiophene rings is 1. The van der Waals surface area contributed by atoms with Gasteiger partial charge in [0.05, 0.1) is 4.88 Å². The second-order valence-electron chi connectivity index (χ2n) is 3.48. The molecule has 0 saturated carbocycles. The molecule has 6 heteroatoms. The van der Waals surface area contributed by atoms with Gasteiger partial charge in [0.15, 0.2) is 0 Å². The smallest absolute Gasteiger partial charge is 0.326 e. The first-order valence-corrected chi connectivity index (χ1v) is 6.09. The number of carbonyl (C=O) groups excluding carboxylic acids is 1. The van der Waals surface area contributed by atoms with Crippen LogP contribution in [0.3, 0.4) is 0 Å². The zero-order chi connectivity index (χ0) is 12.7. The van der Waals surface area contributed by atoms with Gasteiger partial charge in [-0.15, -0.1) is 11.3 Å². The molecule has 0 spiro atoms. The van der Waals surface area contributed by atoms with Crippen LogP contribution >= 0.6 is 11.3 Å². The summed E-state index contributed by atoms with van der Waals surface area (Å²) in [5.41, 5.74) is 0. The monoisotopic (exact) mass is 257 g/mol. The fourth-order valence-electron chi connectivity index (χ4n) is 1.33. The van der Waals surface area contributed by atoms with Gasteiger partial charge < -0.3 is 15.2 Å². The molecule has 17 heavy (non-hydrogen) atoms. The number of ether oxygens (including phenoxy) is 1. The van der Waals surface area contributed by atoms with Gasteiger partial charge in [-0.1, -0.05) is 6.07 Å². The second kappa shape index (κ2) is 7.03. The van der Waals surface area contributed by atoms with Crippen molar-refractivity contribution in [1.82, 2.24) is 5.32 Å². The summed E-state index contributed by atoms with van der Waals surface area (Å²) in [6.45, 7) is 0.485. The van der Waals surface area contributed by atoms with E-state index in [0.717, 1.165) is 0 Å². The van der Waals surface area contributed by atoms with Gasteiger partial charge in [0.25, 0.3) is 5.91 Å². The highest BCUT2D eigenvalue weighted by Crippen LogP contribution is 2.09. The van der Waals surface area contributed by atoms with Gasteiger partial charge in [0.1, 0.15) is 6.04 Å². The number of hydrogen-bond donors (Lipinski definition) is 2. The van der Waals surface area contributed by atoms with E-state index < -0.39 is 12.0 Å². The molecule has 0 aliphatic rings. The molecule has 0 aromatic carbocycles. The molecule has 2 N–H and O–H groups in total. The Balaban J connectivity index is 2.49. The first kappa shape index (κ1) is 13.7. The number of rotatable bonds is 7. The average molecular weight is 257 g/mol. The van der Waals surface area contributed by atoms with Gasteiger partial charge in [-0.3, -0.25) is 4.79 Å². The van der Waals surface area contributed by atoms with Gasteiger partial charge in [0, 0.05) is 13.7 Å². The quantitative estimate of drug-likeness (QED) is 0.723. The van der Waals surface area contributed by atoms with E-state index in [4.69, 9.17) is 9.84 Å². The topological polar surface area (TPSA) is 75.6 Å². The predicted octanol–water partition coefficient (Wildman–Crippen LogP) is 1.36. The fourth-order valence-corrected chi connectivity index (χ4v) is 1.95. The Bertz CT molecular complexity index is 364. The van der Waals surface area contributed by atoms with Crippen molar-refractivity contribution in [2.75, 3.05) is 13.7 Å². The number of nitrogens with one attached hydrogen (secondary N) is 1. The summed E-state index contributed by atoms with van der Waals surface area (Å²) in [6, 6.07) is 2.55. The van der Waals surface area contributed by atoms with E-state index in [1.807, 2.05) is 0 Å². The number of hydrogen-bond acceptors (Lipinski definition) is 4. The maximum atomic E-state index is 11.7. The molecule has 0 aliphatic carbocycles. The minimum atomic E-state index is -1.02. The summed E-state index contributed by atoms with van der Waals surface area (Å²) in [6.07, 6.45) is 0.957. The lowest BCUT2D eigenvalue weighted by atomic mass is 10.1. The highest BCUT2D eigenvalue weighted by molar-refractivity contribution is 7.12. The van der Waals surface area contributed by atoms with Crippen molar-refractivity contribution < 1.29 is 19.4 Å². The average Bonchev–Trinajstić information content (AvgIpc) is 2.81. The van der Waals surface area contributed by atoms with Crippen LogP contribution in [-0.2, 0) is 9.53 Å². The minimum Gasteiger partial charge on any atom is -0.480 e. The Morgan fingerprint density at radius 1 is 1.59 bits per heavy atom. The van der Waals surface area contributed by atoms with Crippen molar-refractivity contribution in [3.05, 3.63) is 22.4 Å². The van der Waals surface area contributed by atoms with Crippen LogP contribution in [0, 0.1) is 0 Å². The maximum absolute atomic E-state index is 11.7. The lowest BCUT2D eigenvalue weighted by molar-refractivity contribution is -0.139. The lowest BCUT2D eigenvalue weighted by Crippen LogP contribution is -2.40. The van der Waals surface area contributed by atoms with Crippen LogP contribution in [0.15, 0.2) is 17.5 Å². The fraction of sp³-hybridized carbons (Fsp3) is 0.455. The third-order valence-electron chi connectivity index (χ3n) is 2.19. The normalized spacial score (nSPS) is 12.1. The van der Waals surface area contributed by atoms with Crippen molar-refractivity contribution in [3.8, 4) is 0 Å². The zero-order valence-corrected chi connectivity index (χ0v) is 10.3. The van der Waals surface area contributed by atoms with Crippen LogP contribution in [-0.4, -0.2) is 36.7 Å². The van der Waals surface area contributed by atoms with Gasteiger partial charge in [-0.2, -0.15) is 0 Å². The molecule has 5 nitrogen and oxygen atoms in total. The van der Waals surface area contributed by atoms with Crippen LogP contribution in [0.2, 0.25) is 0 Å². The number of carboxylic acid groups (broad SMARTS) is 1. The molecule has 1 rings (SSSR count). The number of methoxy groups -OCH3 is 1. The highest BCUT2D eigenvalue weighted by Gasteiger charge is 2.20. The molecule has 94 valence electrons. The first-order chi connectivity index (χ1) is 8.15. The summed E-state index contributed by atoms with van der Waals surface area (Å²) in [4.78, 5) is 23.1. The molecule has 0 aliphatic heterocycles. The molecule has 0 bridgehead atoms. The first-order valence-electron chi connectivity index (χ1n) is 5.21. The van der Waals surface area contributed by atoms with Crippen molar-refractivity contribution in [2.45, 2.75) is 18.9 Å². The molecule has 1 amide bonds. The third kappa shape index (κ3) is 4.54. The molecule has 0 fully saturated rings. The van der Waals surface area contributed by atoms with E-state index in [0.29, 0.717) is 24.3 Å². The maximum Gasteiger partial charge on any atom is 0.326 e. The molecule has 1 atom stereocenters. The van der Waals surface area contributed by atoms with Crippen molar-refractivity contribution in [2.24, 2.45) is 0 Å². The molecule has 1 aromatic rings. The standard InChI is InChI=1S/C11H15NO4S/c1-16-6-2-4-8(11(14)15)12-10(13)9-5-3-7-17-9/h3,5,7-8H,2,4,6H2,1H3,(H,12,13)(H,14,15). The molecule has 1 heterocycles. The van der Waals surface area contributed by atoms with E-state index in [1.165, 1.54) is 11.3 Å². The van der Waals surface area contributed by atoms with Gasteiger partial charge >= 0.3 is 5.97 Å². The zero-order valence-electron chi connectivity index (χ0n) is 9.51. The van der Waals surface area contributed by atoms with E-state index >= 15 is 0 Å². The van der Waals surface area contributed by atoms with Crippen LogP contribution in [0.1, 0.15) is 22.5 Å². The van der Waals surface area contributed by atoms with E-state index in [9.17, 15) is 9.59 Å². The number of aliphatic carboxylic acids is 1. The molecular formula is C11H15NO4S. The van der Waals surface area contributed by atoms with Crippen molar-refractivity contribution in [3.63, 3.8) is 0 Å². The molecule has 0 saturated heterocycles. The van der Waals surface area contributed by atoms with E-state index in [1.54, 1.807) is 24.6 Å². The Morgan fingerprint density at radius 2 is 2.35 bits per heavy atom. The summed E-state index contributed by atoms with van der Waals surface area (Å²) in [5, 5.41) is 13.2. The van der Waals surface area contributed by atoms with Gasteiger partial charge in [0.2, 0.25) is 0 Å². The summed E-state index contributed by atoms with van der Waals surface area (Å²) < 4.78 is 4.85. The Hall–Kier alpha value is -1.40. The largest absolute Gasteiger partial charge is 0.480 e. The Morgan fingerprint density at radius 3 is 2.88 bits per heavy atom. The molecule has 0 radical (unpaired) electrons. The number of amides is 1. The van der Waals surface area contributed by atoms with Crippen LogP contribution in [0.25, 0.3) is 0 Å². The molecular weight excluding hydrogens is 242 g/mol. The van der Waals surface area contributed by atoms with Gasteiger partial charge in [-0.25, -0.2) is 4.79 Å². The lowest BCUT2D eigenvalue weighted by Gasteiger charge is -2.13. The molecule has 1 aromatic heterocycles. The highest BCUT2D eigenvalue weighted by atomic mass is 32.1. The van der Waals surface area contributed by atoms with Gasteiger partial charge in [-0.05, 0) is 24.3 Å². The Labute approximate surface area is 103 Å². The van der Waals surface area contributed by atoms with E-state index in [-0.39, 0.29) is 5.91 Å².